The van der Waals surface area contributed by atoms with Crippen LogP contribution in [0.5, 0.6) is 0 Å². The lowest BCUT2D eigenvalue weighted by Crippen LogP contribution is -2.26. The van der Waals surface area contributed by atoms with Crippen molar-refractivity contribution < 1.29 is 9.90 Å². The number of carboxylic acid groups (broad SMARTS) is 1. The van der Waals surface area contributed by atoms with Gasteiger partial charge in [-0.25, -0.2) is 4.79 Å². The third kappa shape index (κ3) is 3.96. The molecule has 1 aliphatic rings. The Bertz CT molecular complexity index is 453. The van der Waals surface area contributed by atoms with E-state index in [0.29, 0.717) is 11.6 Å². The summed E-state index contributed by atoms with van der Waals surface area (Å²) < 4.78 is 0.803. The molecule has 0 aromatic heterocycles. The first kappa shape index (κ1) is 14.4. The van der Waals surface area contributed by atoms with Gasteiger partial charge < -0.3 is 10.4 Å². The molecule has 0 unspecified atom stereocenters. The Balaban J connectivity index is 2.01. The van der Waals surface area contributed by atoms with E-state index in [1.165, 1.54) is 32.1 Å². The maximum Gasteiger partial charge on any atom is 0.335 e. The monoisotopic (exact) mass is 325 g/mol. The minimum absolute atomic E-state index is 0.319. The molecule has 104 valence electrons. The molecule has 2 rings (SSSR count). The van der Waals surface area contributed by atoms with Crippen LogP contribution in [-0.4, -0.2) is 17.1 Å². The highest BCUT2D eigenvalue weighted by Crippen LogP contribution is 2.29. The van der Waals surface area contributed by atoms with E-state index in [1.807, 2.05) is 6.07 Å². The van der Waals surface area contributed by atoms with Crippen LogP contribution < -0.4 is 5.32 Å². The Morgan fingerprint density at radius 2 is 2.00 bits per heavy atom. The van der Waals surface area contributed by atoms with Gasteiger partial charge in [0.15, 0.2) is 0 Å². The number of aromatic carboxylic acids is 1. The van der Waals surface area contributed by atoms with Crippen LogP contribution in [0.4, 0.5) is 5.69 Å². The number of rotatable bonds is 4. The van der Waals surface area contributed by atoms with Crippen molar-refractivity contribution in [3.05, 3.63) is 28.2 Å². The van der Waals surface area contributed by atoms with E-state index in [2.05, 4.69) is 28.2 Å². The molecule has 0 bridgehead atoms. The van der Waals surface area contributed by atoms with E-state index in [4.69, 9.17) is 5.11 Å². The van der Waals surface area contributed by atoms with Crippen LogP contribution in [0.25, 0.3) is 0 Å². The second-order valence-corrected chi connectivity index (χ2v) is 6.22. The third-order valence-corrected chi connectivity index (χ3v) is 4.40. The van der Waals surface area contributed by atoms with E-state index in [1.54, 1.807) is 12.1 Å². The predicted molar refractivity (Wildman–Crippen MR) is 80.8 cm³/mol. The van der Waals surface area contributed by atoms with Crippen molar-refractivity contribution in [3.8, 4) is 0 Å². The van der Waals surface area contributed by atoms with Crippen molar-refractivity contribution in [1.82, 2.24) is 0 Å². The molecule has 1 saturated carbocycles. The molecule has 3 nitrogen and oxygen atoms in total. The lowest BCUT2D eigenvalue weighted by molar-refractivity contribution is 0.0697. The summed E-state index contributed by atoms with van der Waals surface area (Å²) in [5.74, 6) is -0.0193. The first-order valence-electron chi connectivity index (χ1n) is 6.89. The maximum atomic E-state index is 11.0. The van der Waals surface area contributed by atoms with E-state index in [-0.39, 0.29) is 0 Å². The average molecular weight is 326 g/mol. The predicted octanol–water partition coefficient (Wildman–Crippen LogP) is 4.53. The van der Waals surface area contributed by atoms with Gasteiger partial charge in [0.2, 0.25) is 0 Å². The van der Waals surface area contributed by atoms with Gasteiger partial charge in [0.1, 0.15) is 0 Å². The van der Waals surface area contributed by atoms with Crippen LogP contribution in [0.2, 0.25) is 0 Å². The van der Waals surface area contributed by atoms with Crippen LogP contribution in [0.1, 0.15) is 49.4 Å². The van der Waals surface area contributed by atoms with Crippen molar-refractivity contribution in [2.24, 2.45) is 5.92 Å². The summed E-state index contributed by atoms with van der Waals surface area (Å²) >= 11 is 3.36. The number of carboxylic acids is 1. The van der Waals surface area contributed by atoms with Gasteiger partial charge in [-0.15, -0.1) is 0 Å². The quantitative estimate of drug-likeness (QED) is 0.855. The summed E-state index contributed by atoms with van der Waals surface area (Å²) in [5, 5.41) is 12.5. The zero-order chi connectivity index (χ0) is 13.8. The Labute approximate surface area is 122 Å². The zero-order valence-electron chi connectivity index (χ0n) is 11.2. The average Bonchev–Trinajstić information content (AvgIpc) is 2.39. The van der Waals surface area contributed by atoms with Crippen LogP contribution in [-0.2, 0) is 0 Å². The van der Waals surface area contributed by atoms with Crippen LogP contribution in [0.15, 0.2) is 22.7 Å². The SMILES string of the molecule is CCC1CCC(Nc2cc(Br)cc(C(=O)O)c2)CC1. The van der Waals surface area contributed by atoms with Crippen molar-refractivity contribution >= 4 is 27.6 Å². The van der Waals surface area contributed by atoms with Crippen LogP contribution >= 0.6 is 15.9 Å². The highest BCUT2D eigenvalue weighted by atomic mass is 79.9. The number of carbonyl (C=O) groups is 1. The molecule has 0 aliphatic heterocycles. The number of benzene rings is 1. The van der Waals surface area contributed by atoms with Gasteiger partial charge in [0.25, 0.3) is 0 Å². The second kappa shape index (κ2) is 6.42. The smallest absolute Gasteiger partial charge is 0.335 e. The molecule has 0 radical (unpaired) electrons. The molecule has 1 fully saturated rings. The summed E-state index contributed by atoms with van der Waals surface area (Å²) in [7, 11) is 0. The first-order valence-corrected chi connectivity index (χ1v) is 7.68. The Kier molecular flexibility index (Phi) is 4.86. The van der Waals surface area contributed by atoms with Crippen molar-refractivity contribution in [3.63, 3.8) is 0 Å². The van der Waals surface area contributed by atoms with E-state index >= 15 is 0 Å². The molecular weight excluding hydrogens is 306 g/mol. The number of halogens is 1. The molecule has 4 heteroatoms. The maximum absolute atomic E-state index is 11.0. The molecule has 0 spiro atoms. The fourth-order valence-electron chi connectivity index (χ4n) is 2.75. The van der Waals surface area contributed by atoms with Gasteiger partial charge >= 0.3 is 5.97 Å². The van der Waals surface area contributed by atoms with E-state index in [9.17, 15) is 4.79 Å². The zero-order valence-corrected chi connectivity index (χ0v) is 12.7. The van der Waals surface area contributed by atoms with Crippen LogP contribution in [0.3, 0.4) is 0 Å². The minimum atomic E-state index is -0.890. The van der Waals surface area contributed by atoms with E-state index in [0.717, 1.165) is 16.1 Å². The molecule has 0 amide bonds. The molecule has 1 aromatic rings. The van der Waals surface area contributed by atoms with Gasteiger partial charge in [-0.05, 0) is 49.8 Å². The molecule has 2 N–H and O–H groups in total. The molecule has 1 aromatic carbocycles. The van der Waals surface area contributed by atoms with Crippen molar-refractivity contribution in [1.29, 1.82) is 0 Å². The van der Waals surface area contributed by atoms with Crippen molar-refractivity contribution in [2.75, 3.05) is 5.32 Å². The topological polar surface area (TPSA) is 49.3 Å². The third-order valence-electron chi connectivity index (χ3n) is 3.94. The molecule has 0 atom stereocenters. The summed E-state index contributed by atoms with van der Waals surface area (Å²) in [5.41, 5.74) is 1.21. The fraction of sp³-hybridized carbons (Fsp3) is 0.533. The van der Waals surface area contributed by atoms with Crippen molar-refractivity contribution in [2.45, 2.75) is 45.1 Å². The Hall–Kier alpha value is -1.03. The summed E-state index contributed by atoms with van der Waals surface area (Å²) in [6, 6.07) is 5.75. The number of nitrogens with one attached hydrogen (secondary N) is 1. The Morgan fingerprint density at radius 3 is 2.58 bits per heavy atom. The van der Waals surface area contributed by atoms with Crippen LogP contribution in [0, 0.1) is 5.92 Å². The lowest BCUT2D eigenvalue weighted by atomic mass is 9.84. The van der Waals surface area contributed by atoms with Gasteiger partial charge in [-0.1, -0.05) is 29.3 Å². The van der Waals surface area contributed by atoms with E-state index < -0.39 is 5.97 Å². The summed E-state index contributed by atoms with van der Waals surface area (Å²) in [6.45, 7) is 2.26. The first-order chi connectivity index (χ1) is 9.08. The summed E-state index contributed by atoms with van der Waals surface area (Å²) in [6.07, 6.45) is 6.16. The van der Waals surface area contributed by atoms with Gasteiger partial charge in [-0.2, -0.15) is 0 Å². The number of hydrogen-bond acceptors (Lipinski definition) is 2. The largest absolute Gasteiger partial charge is 0.478 e. The second-order valence-electron chi connectivity index (χ2n) is 5.30. The highest BCUT2D eigenvalue weighted by molar-refractivity contribution is 9.10. The molecule has 1 aliphatic carbocycles. The summed E-state index contributed by atoms with van der Waals surface area (Å²) in [4.78, 5) is 11.0. The lowest BCUT2D eigenvalue weighted by Gasteiger charge is -2.29. The molecule has 0 heterocycles. The number of hydrogen-bond donors (Lipinski definition) is 2. The highest BCUT2D eigenvalue weighted by Gasteiger charge is 2.20. The van der Waals surface area contributed by atoms with Gasteiger partial charge in [-0.3, -0.25) is 0 Å². The fourth-order valence-corrected chi connectivity index (χ4v) is 3.24. The Morgan fingerprint density at radius 1 is 1.32 bits per heavy atom. The molecule has 19 heavy (non-hydrogen) atoms. The van der Waals surface area contributed by atoms with Gasteiger partial charge in [0, 0.05) is 16.2 Å². The normalized spacial score (nSPS) is 23.1. The minimum Gasteiger partial charge on any atom is -0.478 e. The molecular formula is C15H20BrNO2. The van der Waals surface area contributed by atoms with Gasteiger partial charge in [0.05, 0.1) is 5.56 Å². The molecule has 0 saturated heterocycles. The standard InChI is InChI=1S/C15H20BrNO2/c1-2-10-3-5-13(6-4-10)17-14-8-11(15(18)19)7-12(16)9-14/h7-10,13,17H,2-6H2,1H3,(H,18,19). The number of anilines is 1.